The normalized spacial score (nSPS) is 15.3. The minimum absolute atomic E-state index is 0.0283. The highest BCUT2D eigenvalue weighted by Crippen LogP contribution is 2.21. The molecule has 1 saturated carbocycles. The number of carbonyl (C=O) groups excluding carboxylic acids is 2. The lowest BCUT2D eigenvalue weighted by molar-refractivity contribution is -0.140. The fraction of sp³-hybridized carbons (Fsp3) is 0.417. The number of nitrogens with zero attached hydrogens (tertiary/aromatic N) is 2. The van der Waals surface area contributed by atoms with Crippen molar-refractivity contribution in [2.45, 2.75) is 56.1 Å². The van der Waals surface area contributed by atoms with Gasteiger partial charge in [-0.25, -0.2) is 8.42 Å². The first-order valence-electron chi connectivity index (χ1n) is 11.1. The van der Waals surface area contributed by atoms with Crippen LogP contribution in [0.2, 0.25) is 10.0 Å². The first kappa shape index (κ1) is 26.5. The minimum atomic E-state index is -3.92. The minimum Gasteiger partial charge on any atom is -0.352 e. The van der Waals surface area contributed by atoms with E-state index in [1.54, 1.807) is 25.1 Å². The molecule has 1 aliphatic carbocycles. The summed E-state index contributed by atoms with van der Waals surface area (Å²) in [6.45, 7) is 1.35. The van der Waals surface area contributed by atoms with E-state index in [-0.39, 0.29) is 23.4 Å². The zero-order chi connectivity index (χ0) is 24.9. The quantitative estimate of drug-likeness (QED) is 0.534. The number of rotatable bonds is 9. The van der Waals surface area contributed by atoms with Gasteiger partial charge in [0.05, 0.1) is 11.4 Å². The van der Waals surface area contributed by atoms with Crippen LogP contribution in [0.25, 0.3) is 0 Å². The number of benzene rings is 2. The molecule has 2 amide bonds. The molecular formula is C24H29Cl2N3O4S. The average molecular weight is 526 g/mol. The Morgan fingerprint density at radius 3 is 2.32 bits per heavy atom. The molecule has 1 aliphatic rings. The van der Waals surface area contributed by atoms with Crippen molar-refractivity contribution in [3.8, 4) is 0 Å². The maximum atomic E-state index is 13.3. The third kappa shape index (κ3) is 6.72. The molecule has 184 valence electrons. The summed E-state index contributed by atoms with van der Waals surface area (Å²) in [6, 6.07) is 12.1. The van der Waals surface area contributed by atoms with Crippen LogP contribution in [0.4, 0.5) is 0 Å². The number of sulfonamides is 1. The Morgan fingerprint density at radius 1 is 1.06 bits per heavy atom. The van der Waals surface area contributed by atoms with Gasteiger partial charge in [-0.15, -0.1) is 0 Å². The Labute approximate surface area is 211 Å². The molecule has 0 heterocycles. The molecule has 0 aromatic heterocycles. The van der Waals surface area contributed by atoms with E-state index in [0.29, 0.717) is 10.0 Å². The van der Waals surface area contributed by atoms with Gasteiger partial charge < -0.3 is 10.2 Å². The standard InChI is InChI=1S/C24H29Cl2N3O4S/c1-17(24(31)27-21-8-3-4-9-21)29(15-18-6-5-7-20(26)14-18)23(30)16-28(2)34(32,33)22-12-10-19(25)11-13-22/h5-7,10-14,17,21H,3-4,8-9,15-16H2,1-2H3,(H,27,31). The summed E-state index contributed by atoms with van der Waals surface area (Å²) < 4.78 is 26.9. The van der Waals surface area contributed by atoms with Crippen molar-refractivity contribution in [1.29, 1.82) is 0 Å². The molecule has 0 bridgehead atoms. The summed E-state index contributed by atoms with van der Waals surface area (Å²) in [7, 11) is -2.59. The molecule has 1 unspecified atom stereocenters. The van der Waals surface area contributed by atoms with Crippen LogP contribution in [-0.2, 0) is 26.2 Å². The number of carbonyl (C=O) groups is 2. The van der Waals surface area contributed by atoms with Crippen molar-refractivity contribution in [2.75, 3.05) is 13.6 Å². The van der Waals surface area contributed by atoms with Crippen molar-refractivity contribution in [3.05, 3.63) is 64.1 Å². The van der Waals surface area contributed by atoms with Gasteiger partial charge in [0.2, 0.25) is 21.8 Å². The van der Waals surface area contributed by atoms with E-state index in [9.17, 15) is 18.0 Å². The molecule has 0 spiro atoms. The zero-order valence-corrected chi connectivity index (χ0v) is 21.5. The third-order valence-corrected chi connectivity index (χ3v) is 8.30. The van der Waals surface area contributed by atoms with E-state index in [1.165, 1.54) is 36.2 Å². The Morgan fingerprint density at radius 2 is 1.71 bits per heavy atom. The van der Waals surface area contributed by atoms with E-state index < -0.39 is 28.5 Å². The number of hydrogen-bond acceptors (Lipinski definition) is 4. The predicted octanol–water partition coefficient (Wildman–Crippen LogP) is 4.09. The monoisotopic (exact) mass is 525 g/mol. The highest BCUT2D eigenvalue weighted by atomic mass is 35.5. The fourth-order valence-electron chi connectivity index (χ4n) is 3.96. The van der Waals surface area contributed by atoms with Crippen molar-refractivity contribution >= 4 is 45.0 Å². The highest BCUT2D eigenvalue weighted by molar-refractivity contribution is 7.89. The van der Waals surface area contributed by atoms with Gasteiger partial charge in [-0.05, 0) is 61.7 Å². The molecule has 1 fully saturated rings. The second-order valence-electron chi connectivity index (χ2n) is 8.53. The van der Waals surface area contributed by atoms with Crippen LogP contribution in [0.15, 0.2) is 53.4 Å². The molecule has 1 N–H and O–H groups in total. The maximum Gasteiger partial charge on any atom is 0.243 e. The smallest absolute Gasteiger partial charge is 0.243 e. The third-order valence-electron chi connectivity index (χ3n) is 5.99. The van der Waals surface area contributed by atoms with Gasteiger partial charge in [0.1, 0.15) is 6.04 Å². The van der Waals surface area contributed by atoms with Crippen molar-refractivity contribution in [2.24, 2.45) is 0 Å². The summed E-state index contributed by atoms with van der Waals surface area (Å²) in [5.41, 5.74) is 0.740. The van der Waals surface area contributed by atoms with Crippen molar-refractivity contribution in [3.63, 3.8) is 0 Å². The first-order chi connectivity index (χ1) is 16.1. The number of amides is 2. The predicted molar refractivity (Wildman–Crippen MR) is 133 cm³/mol. The topological polar surface area (TPSA) is 86.8 Å². The number of hydrogen-bond donors (Lipinski definition) is 1. The Kier molecular flexibility index (Phi) is 8.98. The molecule has 0 radical (unpaired) electrons. The maximum absolute atomic E-state index is 13.3. The van der Waals surface area contributed by atoms with E-state index in [1.807, 2.05) is 6.07 Å². The van der Waals surface area contributed by atoms with Crippen LogP contribution >= 0.6 is 23.2 Å². The first-order valence-corrected chi connectivity index (χ1v) is 13.3. The van der Waals surface area contributed by atoms with Crippen molar-refractivity contribution in [1.82, 2.24) is 14.5 Å². The zero-order valence-electron chi connectivity index (χ0n) is 19.2. The van der Waals surface area contributed by atoms with Gasteiger partial charge in [-0.1, -0.05) is 48.2 Å². The van der Waals surface area contributed by atoms with Gasteiger partial charge in [-0.3, -0.25) is 9.59 Å². The van der Waals surface area contributed by atoms with Crippen LogP contribution in [0.3, 0.4) is 0 Å². The molecule has 7 nitrogen and oxygen atoms in total. The number of halogens is 2. The van der Waals surface area contributed by atoms with Crippen LogP contribution < -0.4 is 5.32 Å². The van der Waals surface area contributed by atoms with Crippen LogP contribution in [0.1, 0.15) is 38.2 Å². The molecule has 2 aromatic carbocycles. The second-order valence-corrected chi connectivity index (χ2v) is 11.5. The highest BCUT2D eigenvalue weighted by Gasteiger charge is 2.31. The second kappa shape index (κ2) is 11.5. The lowest BCUT2D eigenvalue weighted by atomic mass is 10.1. The molecule has 10 heteroatoms. The van der Waals surface area contributed by atoms with E-state index in [2.05, 4.69) is 5.32 Å². The lowest BCUT2D eigenvalue weighted by Crippen LogP contribution is -2.52. The molecule has 0 aliphatic heterocycles. The summed E-state index contributed by atoms with van der Waals surface area (Å²) in [4.78, 5) is 27.7. The van der Waals surface area contributed by atoms with E-state index >= 15 is 0 Å². The molecule has 1 atom stereocenters. The summed E-state index contributed by atoms with van der Waals surface area (Å²) in [5.74, 6) is -0.750. The van der Waals surface area contributed by atoms with E-state index in [0.717, 1.165) is 35.6 Å². The fourth-order valence-corrected chi connectivity index (χ4v) is 5.42. The molecular weight excluding hydrogens is 497 g/mol. The Hall–Kier alpha value is -2.13. The molecule has 3 rings (SSSR count). The van der Waals surface area contributed by atoms with Gasteiger partial charge in [0.15, 0.2) is 0 Å². The molecule has 0 saturated heterocycles. The average Bonchev–Trinajstić information content (AvgIpc) is 3.30. The number of likely N-dealkylation sites (N-methyl/N-ethyl adjacent to an activating group) is 1. The summed E-state index contributed by atoms with van der Waals surface area (Å²) in [6.07, 6.45) is 3.97. The van der Waals surface area contributed by atoms with Crippen molar-refractivity contribution < 1.29 is 18.0 Å². The largest absolute Gasteiger partial charge is 0.352 e. The van der Waals surface area contributed by atoms with Gasteiger partial charge in [0.25, 0.3) is 0 Å². The van der Waals surface area contributed by atoms with Gasteiger partial charge in [-0.2, -0.15) is 4.31 Å². The lowest BCUT2D eigenvalue weighted by Gasteiger charge is -2.31. The van der Waals surface area contributed by atoms with Gasteiger partial charge in [0, 0.05) is 29.7 Å². The SMILES string of the molecule is CC(C(=O)NC1CCCC1)N(Cc1cccc(Cl)c1)C(=O)CN(C)S(=O)(=O)c1ccc(Cl)cc1. The summed E-state index contributed by atoms with van der Waals surface area (Å²) in [5, 5.41) is 3.94. The van der Waals surface area contributed by atoms with Crippen LogP contribution in [-0.4, -0.2) is 55.1 Å². The molecule has 2 aromatic rings. The van der Waals surface area contributed by atoms with Crippen LogP contribution in [0.5, 0.6) is 0 Å². The Balaban J connectivity index is 1.79. The number of nitrogens with one attached hydrogen (secondary N) is 1. The molecule has 34 heavy (non-hydrogen) atoms. The van der Waals surface area contributed by atoms with E-state index in [4.69, 9.17) is 23.2 Å². The van der Waals surface area contributed by atoms with Gasteiger partial charge >= 0.3 is 0 Å². The Bertz CT molecular complexity index is 1120. The van der Waals surface area contributed by atoms with Crippen LogP contribution in [0, 0.1) is 0 Å². The summed E-state index contributed by atoms with van der Waals surface area (Å²) >= 11 is 12.0.